The van der Waals surface area contributed by atoms with E-state index in [2.05, 4.69) is 32.9 Å². The first-order chi connectivity index (χ1) is 9.43. The van der Waals surface area contributed by atoms with Gasteiger partial charge in [-0.05, 0) is 42.3 Å². The van der Waals surface area contributed by atoms with E-state index in [9.17, 15) is 5.11 Å². The lowest BCUT2D eigenvalue weighted by Crippen LogP contribution is -2.09. The Hall–Kier alpha value is -1.20. The van der Waals surface area contributed by atoms with Gasteiger partial charge in [0.1, 0.15) is 0 Å². The monoisotopic (exact) mass is 337 g/mol. The number of halogens is 1. The second kappa shape index (κ2) is 6.06. The number of aliphatic hydroxyl groups excluding tert-OH is 1. The molecular weight excluding hydrogens is 318 g/mol. The molecule has 0 radical (unpaired) electrons. The van der Waals surface area contributed by atoms with E-state index in [-0.39, 0.29) is 0 Å². The van der Waals surface area contributed by atoms with Crippen molar-refractivity contribution in [2.24, 2.45) is 7.05 Å². The standard InChI is InChI=1S/C15H20BrN3O/c1-5-12-15(16)13(19(4)18-12)8-14(20)11-7-6-9(2)17-10(11)3/h6-7,14,20H,5,8H2,1-4H3. The molecule has 0 aliphatic heterocycles. The molecular formula is C15H20BrN3O. The summed E-state index contributed by atoms with van der Waals surface area (Å²) in [7, 11) is 1.91. The van der Waals surface area contributed by atoms with Crippen molar-refractivity contribution in [2.75, 3.05) is 0 Å². The van der Waals surface area contributed by atoms with Gasteiger partial charge >= 0.3 is 0 Å². The third kappa shape index (κ3) is 2.94. The van der Waals surface area contributed by atoms with Crippen molar-refractivity contribution in [3.8, 4) is 0 Å². The van der Waals surface area contributed by atoms with Gasteiger partial charge in [0.15, 0.2) is 0 Å². The fraction of sp³-hybridized carbons (Fsp3) is 0.467. The number of aliphatic hydroxyl groups is 1. The summed E-state index contributed by atoms with van der Waals surface area (Å²) < 4.78 is 2.84. The van der Waals surface area contributed by atoms with Gasteiger partial charge in [-0.25, -0.2) is 0 Å². The average Bonchev–Trinajstić information content (AvgIpc) is 2.66. The highest BCUT2D eigenvalue weighted by Gasteiger charge is 2.18. The molecule has 0 aromatic carbocycles. The Bertz CT molecular complexity index is 622. The van der Waals surface area contributed by atoms with Gasteiger partial charge in [0.25, 0.3) is 0 Å². The Morgan fingerprint density at radius 1 is 1.35 bits per heavy atom. The van der Waals surface area contributed by atoms with Crippen LogP contribution in [-0.4, -0.2) is 19.9 Å². The summed E-state index contributed by atoms with van der Waals surface area (Å²) in [5, 5.41) is 14.9. The normalized spacial score (nSPS) is 12.7. The molecule has 0 spiro atoms. The quantitative estimate of drug-likeness (QED) is 0.932. The average molecular weight is 338 g/mol. The molecule has 1 atom stereocenters. The van der Waals surface area contributed by atoms with Crippen LogP contribution in [0, 0.1) is 13.8 Å². The van der Waals surface area contributed by atoms with Crippen LogP contribution in [-0.2, 0) is 19.9 Å². The third-order valence-electron chi connectivity index (χ3n) is 3.51. The summed E-state index contributed by atoms with van der Waals surface area (Å²) in [6.45, 7) is 5.96. The van der Waals surface area contributed by atoms with Crippen molar-refractivity contribution < 1.29 is 5.11 Å². The molecule has 108 valence electrons. The number of rotatable bonds is 4. The van der Waals surface area contributed by atoms with Crippen molar-refractivity contribution in [3.05, 3.63) is 44.9 Å². The highest BCUT2D eigenvalue weighted by molar-refractivity contribution is 9.10. The van der Waals surface area contributed by atoms with Crippen LogP contribution in [0.2, 0.25) is 0 Å². The summed E-state index contributed by atoms with van der Waals surface area (Å²) in [5.41, 5.74) is 4.75. The molecule has 0 fully saturated rings. The van der Waals surface area contributed by atoms with Gasteiger partial charge in [0, 0.05) is 30.4 Å². The van der Waals surface area contributed by atoms with E-state index < -0.39 is 6.10 Å². The molecule has 0 saturated heterocycles. The molecule has 0 saturated carbocycles. The predicted octanol–water partition coefficient (Wildman–Crippen LogP) is 3.03. The number of nitrogens with zero attached hydrogens (tertiary/aromatic N) is 3. The summed E-state index contributed by atoms with van der Waals surface area (Å²) in [4.78, 5) is 4.41. The van der Waals surface area contributed by atoms with Crippen molar-refractivity contribution in [3.63, 3.8) is 0 Å². The predicted molar refractivity (Wildman–Crippen MR) is 82.7 cm³/mol. The largest absolute Gasteiger partial charge is 0.388 e. The van der Waals surface area contributed by atoms with Gasteiger partial charge in [0.2, 0.25) is 0 Å². The second-order valence-electron chi connectivity index (χ2n) is 5.03. The zero-order chi connectivity index (χ0) is 14.9. The Morgan fingerprint density at radius 3 is 2.60 bits per heavy atom. The van der Waals surface area contributed by atoms with E-state index in [1.54, 1.807) is 0 Å². The van der Waals surface area contributed by atoms with Crippen LogP contribution >= 0.6 is 15.9 Å². The topological polar surface area (TPSA) is 50.9 Å². The van der Waals surface area contributed by atoms with Gasteiger partial charge in [-0.1, -0.05) is 13.0 Å². The molecule has 0 aliphatic carbocycles. The van der Waals surface area contributed by atoms with E-state index in [1.165, 1.54) is 0 Å². The Morgan fingerprint density at radius 2 is 2.05 bits per heavy atom. The van der Waals surface area contributed by atoms with Gasteiger partial charge < -0.3 is 5.11 Å². The van der Waals surface area contributed by atoms with Crippen molar-refractivity contribution in [2.45, 2.75) is 39.7 Å². The lowest BCUT2D eigenvalue weighted by Gasteiger charge is -2.14. The molecule has 2 aromatic heterocycles. The highest BCUT2D eigenvalue weighted by atomic mass is 79.9. The fourth-order valence-corrected chi connectivity index (χ4v) is 3.16. The van der Waals surface area contributed by atoms with Crippen LogP contribution in [0.3, 0.4) is 0 Å². The number of aryl methyl sites for hydroxylation is 4. The Kier molecular flexibility index (Phi) is 4.60. The maximum absolute atomic E-state index is 10.5. The van der Waals surface area contributed by atoms with Gasteiger partial charge in [0.05, 0.1) is 22.0 Å². The van der Waals surface area contributed by atoms with E-state index in [1.807, 2.05) is 37.7 Å². The molecule has 20 heavy (non-hydrogen) atoms. The zero-order valence-corrected chi connectivity index (χ0v) is 13.9. The lowest BCUT2D eigenvalue weighted by molar-refractivity contribution is 0.174. The number of aromatic nitrogens is 3. The highest BCUT2D eigenvalue weighted by Crippen LogP contribution is 2.27. The Labute approximate surface area is 128 Å². The second-order valence-corrected chi connectivity index (χ2v) is 5.82. The minimum Gasteiger partial charge on any atom is -0.388 e. The number of hydrogen-bond donors (Lipinski definition) is 1. The fourth-order valence-electron chi connectivity index (χ4n) is 2.38. The SMILES string of the molecule is CCc1nn(C)c(CC(O)c2ccc(C)nc2C)c1Br. The molecule has 2 aromatic rings. The lowest BCUT2D eigenvalue weighted by atomic mass is 10.0. The molecule has 0 aliphatic rings. The molecule has 1 unspecified atom stereocenters. The maximum Gasteiger partial charge on any atom is 0.0863 e. The van der Waals surface area contributed by atoms with Crippen LogP contribution in [0.1, 0.15) is 41.4 Å². The summed E-state index contributed by atoms with van der Waals surface area (Å²) >= 11 is 3.58. The van der Waals surface area contributed by atoms with Crippen LogP contribution in [0.4, 0.5) is 0 Å². The minimum atomic E-state index is -0.570. The molecule has 2 heterocycles. The van der Waals surface area contributed by atoms with Crippen molar-refractivity contribution in [1.29, 1.82) is 0 Å². The Balaban J connectivity index is 2.27. The van der Waals surface area contributed by atoms with E-state index >= 15 is 0 Å². The van der Waals surface area contributed by atoms with Gasteiger partial charge in [-0.3, -0.25) is 9.67 Å². The molecule has 1 N–H and O–H groups in total. The van der Waals surface area contributed by atoms with Crippen LogP contribution in [0.25, 0.3) is 0 Å². The van der Waals surface area contributed by atoms with Crippen molar-refractivity contribution >= 4 is 15.9 Å². The first-order valence-electron chi connectivity index (χ1n) is 6.76. The van der Waals surface area contributed by atoms with E-state index in [0.29, 0.717) is 6.42 Å². The maximum atomic E-state index is 10.5. The first kappa shape index (κ1) is 15.2. The van der Waals surface area contributed by atoms with Gasteiger partial charge in [-0.15, -0.1) is 0 Å². The first-order valence-corrected chi connectivity index (χ1v) is 7.55. The number of pyridine rings is 1. The zero-order valence-electron chi connectivity index (χ0n) is 12.3. The third-order valence-corrected chi connectivity index (χ3v) is 4.43. The molecule has 2 rings (SSSR count). The minimum absolute atomic E-state index is 0.523. The molecule has 0 bridgehead atoms. The van der Waals surface area contributed by atoms with Crippen LogP contribution < -0.4 is 0 Å². The van der Waals surface area contributed by atoms with E-state index in [4.69, 9.17) is 0 Å². The van der Waals surface area contributed by atoms with Crippen LogP contribution in [0.5, 0.6) is 0 Å². The number of hydrogen-bond acceptors (Lipinski definition) is 3. The molecule has 5 heteroatoms. The van der Waals surface area contributed by atoms with Gasteiger partial charge in [-0.2, -0.15) is 5.10 Å². The van der Waals surface area contributed by atoms with Crippen molar-refractivity contribution in [1.82, 2.24) is 14.8 Å². The van der Waals surface area contributed by atoms with E-state index in [0.717, 1.165) is 39.2 Å². The summed E-state index contributed by atoms with van der Waals surface area (Å²) in [6.07, 6.45) is 0.824. The smallest absolute Gasteiger partial charge is 0.0863 e. The molecule has 0 amide bonds. The summed E-state index contributed by atoms with van der Waals surface area (Å²) in [6, 6.07) is 3.88. The van der Waals surface area contributed by atoms with Crippen LogP contribution in [0.15, 0.2) is 16.6 Å². The molecule has 4 nitrogen and oxygen atoms in total. The summed E-state index contributed by atoms with van der Waals surface area (Å²) in [5.74, 6) is 0.